The van der Waals surface area contributed by atoms with Gasteiger partial charge in [-0.05, 0) is 88.0 Å². The minimum atomic E-state index is -2.27. The van der Waals surface area contributed by atoms with Crippen LogP contribution in [-0.4, -0.2) is 23.2 Å². The van der Waals surface area contributed by atoms with E-state index in [0.717, 1.165) is 72.4 Å². The summed E-state index contributed by atoms with van der Waals surface area (Å²) in [5.41, 5.74) is 11.2. The maximum atomic E-state index is 8.14. The third-order valence-corrected chi connectivity index (χ3v) is 10.3. The second kappa shape index (κ2) is 13.1. The Morgan fingerprint density at radius 3 is 1.98 bits per heavy atom. The molecular weight excluding hydrogens is 661 g/mol. The van der Waals surface area contributed by atoms with Crippen molar-refractivity contribution in [2.45, 2.75) is 0 Å². The summed E-state index contributed by atoms with van der Waals surface area (Å²) in [5, 5.41) is 2.21. The van der Waals surface area contributed by atoms with E-state index in [-0.39, 0.29) is 6.67 Å². The second-order valence-electron chi connectivity index (χ2n) is 13.5. The molecule has 258 valence electrons. The number of hydrogen-bond acceptors (Lipinski definition) is 4. The molecule has 0 saturated heterocycles. The lowest BCUT2D eigenvalue weighted by Crippen LogP contribution is -2.23. The smallest absolute Gasteiger partial charge is 0.138 e. The first-order valence-electron chi connectivity index (χ1n) is 19.6. The van der Waals surface area contributed by atoms with Crippen molar-refractivity contribution < 1.29 is 8.85 Å². The zero-order valence-electron chi connectivity index (χ0n) is 32.3. The summed E-state index contributed by atoms with van der Waals surface area (Å²) in [7, 11) is 0. The monoisotopic (exact) mass is 699 g/mol. The molecule has 2 aromatic heterocycles. The molecule has 0 N–H and O–H groups in total. The number of fused-ring (bicyclic) bond motifs is 4. The van der Waals surface area contributed by atoms with Gasteiger partial charge in [-0.3, -0.25) is 4.57 Å². The molecule has 10 rings (SSSR count). The molecule has 1 aliphatic rings. The minimum absolute atomic E-state index is 0.208. The van der Waals surface area contributed by atoms with Crippen LogP contribution in [0.4, 0.5) is 17.1 Å². The topological polar surface area (TPSA) is 33.5 Å². The molecule has 0 bridgehead atoms. The number of pyridine rings is 1. The van der Waals surface area contributed by atoms with Crippen LogP contribution in [-0.2, 0) is 0 Å². The van der Waals surface area contributed by atoms with Gasteiger partial charge in [0.2, 0.25) is 0 Å². The largest absolute Gasteiger partial charge is 0.457 e. The van der Waals surface area contributed by atoms with Gasteiger partial charge in [-0.1, -0.05) is 115 Å². The van der Waals surface area contributed by atoms with Crippen molar-refractivity contribution >= 4 is 38.9 Å². The Morgan fingerprint density at radius 2 is 1.20 bits per heavy atom. The lowest BCUT2D eigenvalue weighted by molar-refractivity contribution is 0.483. The zero-order valence-corrected chi connectivity index (χ0v) is 29.3. The van der Waals surface area contributed by atoms with Crippen molar-refractivity contribution in [1.82, 2.24) is 9.55 Å². The van der Waals surface area contributed by atoms with E-state index in [9.17, 15) is 0 Å². The van der Waals surface area contributed by atoms with E-state index in [1.54, 1.807) is 0 Å². The van der Waals surface area contributed by atoms with Crippen LogP contribution in [0.3, 0.4) is 0 Å². The van der Waals surface area contributed by atoms with Crippen molar-refractivity contribution in [3.63, 3.8) is 0 Å². The normalized spacial score (nSPS) is 13.4. The highest BCUT2D eigenvalue weighted by atomic mass is 16.5. The molecule has 3 heterocycles. The van der Waals surface area contributed by atoms with Gasteiger partial charge in [-0.2, -0.15) is 0 Å². The number of rotatable bonds is 7. The summed E-state index contributed by atoms with van der Waals surface area (Å²) in [6, 6.07) is 61.9. The van der Waals surface area contributed by atoms with Crippen molar-refractivity contribution in [1.29, 1.82) is 0 Å². The van der Waals surface area contributed by atoms with E-state index < -0.39 is 6.98 Å². The van der Waals surface area contributed by atoms with Crippen LogP contribution in [0.5, 0.6) is 11.5 Å². The molecule has 0 atom stereocenters. The van der Waals surface area contributed by atoms with Gasteiger partial charge in [-0.15, -0.1) is 0 Å². The van der Waals surface area contributed by atoms with Gasteiger partial charge in [0.25, 0.3) is 0 Å². The van der Waals surface area contributed by atoms with E-state index in [4.69, 9.17) is 13.8 Å². The first-order valence-corrected chi connectivity index (χ1v) is 18.1. The van der Waals surface area contributed by atoms with Crippen LogP contribution >= 0.6 is 0 Å². The quantitative estimate of drug-likeness (QED) is 0.166. The Hall–Kier alpha value is -7.11. The summed E-state index contributed by atoms with van der Waals surface area (Å²) in [6.45, 7) is -2.06. The van der Waals surface area contributed by atoms with Crippen molar-refractivity contribution in [2.75, 3.05) is 23.4 Å². The first kappa shape index (κ1) is 28.5. The second-order valence-corrected chi connectivity index (χ2v) is 13.5. The third-order valence-electron chi connectivity index (χ3n) is 10.3. The third kappa shape index (κ3) is 5.46. The van der Waals surface area contributed by atoms with E-state index in [1.165, 1.54) is 4.90 Å². The van der Waals surface area contributed by atoms with Crippen LogP contribution < -0.4 is 14.5 Å². The zero-order chi connectivity index (χ0) is 38.5. The van der Waals surface area contributed by atoms with Crippen molar-refractivity contribution in [2.24, 2.45) is 0 Å². The number of nitrogens with zero attached hydrogens (tertiary/aromatic N) is 4. The molecule has 7 aromatic carbocycles. The van der Waals surface area contributed by atoms with Crippen LogP contribution in [0.2, 0.25) is 0 Å². The lowest BCUT2D eigenvalue weighted by atomic mass is 9.88. The SMILES string of the molecule is [2H]C([2H])([2H])N1CN(c2cccc(Oc3ccc4c5ccccc5n(-c5cc(-c6c(-c7ccccc7)cccc6-c6ccccc6)ccn5)c4c3)c2)c2ccccc21. The summed E-state index contributed by atoms with van der Waals surface area (Å²) in [4.78, 5) is 8.46. The molecule has 0 fully saturated rings. The van der Waals surface area contributed by atoms with Crippen LogP contribution in [0.1, 0.15) is 4.11 Å². The molecule has 0 spiro atoms. The molecule has 0 radical (unpaired) electrons. The van der Waals surface area contributed by atoms with Gasteiger partial charge in [-0.25, -0.2) is 4.98 Å². The maximum Gasteiger partial charge on any atom is 0.138 e. The summed E-state index contributed by atoms with van der Waals surface area (Å²) < 4.78 is 33.2. The fraction of sp³-hybridized carbons (Fsp3) is 0.0408. The minimum Gasteiger partial charge on any atom is -0.457 e. The Kier molecular flexibility index (Phi) is 6.93. The summed E-state index contributed by atoms with van der Waals surface area (Å²) in [6.07, 6.45) is 1.90. The van der Waals surface area contributed by atoms with Crippen molar-refractivity contribution in [3.05, 3.63) is 188 Å². The Balaban J connectivity index is 1.07. The molecule has 0 unspecified atom stereocenters. The number of anilines is 3. The molecule has 5 heteroatoms. The van der Waals surface area contributed by atoms with E-state index in [1.807, 2.05) is 77.8 Å². The predicted octanol–water partition coefficient (Wildman–Crippen LogP) is 12.5. The van der Waals surface area contributed by atoms with Gasteiger partial charge in [0.15, 0.2) is 0 Å². The van der Waals surface area contributed by atoms with Gasteiger partial charge >= 0.3 is 0 Å². The van der Waals surface area contributed by atoms with Crippen LogP contribution in [0, 0.1) is 0 Å². The highest BCUT2D eigenvalue weighted by Crippen LogP contribution is 2.43. The molecule has 0 aliphatic carbocycles. The van der Waals surface area contributed by atoms with Crippen molar-refractivity contribution in [3.8, 4) is 50.7 Å². The molecule has 54 heavy (non-hydrogen) atoms. The number of ether oxygens (including phenoxy) is 1. The Labute approximate surface area is 318 Å². The molecular formula is C49H36N4O. The molecule has 5 nitrogen and oxygen atoms in total. The standard InChI is InChI=1S/C49H36N4O/c1-51-33-52(46-25-11-10-24-45(46)51)37-18-12-19-38(31-37)54-39-26-27-43-42-20-8-9-23-44(42)53(47(43)32-39)48-30-36(28-29-50-48)49-40(34-14-4-2-5-15-34)21-13-22-41(49)35-16-6-3-7-17-35/h2-32H,33H2,1H3/i1D3. The van der Waals surface area contributed by atoms with Crippen LogP contribution in [0.15, 0.2) is 188 Å². The van der Waals surface area contributed by atoms with Gasteiger partial charge in [0.05, 0.1) is 29.1 Å². The number of benzene rings is 7. The average Bonchev–Trinajstić information content (AvgIpc) is 3.81. The fourth-order valence-corrected chi connectivity index (χ4v) is 7.82. The predicted molar refractivity (Wildman–Crippen MR) is 223 cm³/mol. The Bertz CT molecular complexity index is 2870. The summed E-state index contributed by atoms with van der Waals surface area (Å²) >= 11 is 0. The first-order chi connectivity index (χ1) is 27.9. The van der Waals surface area contributed by atoms with E-state index in [0.29, 0.717) is 17.2 Å². The van der Waals surface area contributed by atoms with Gasteiger partial charge in [0.1, 0.15) is 17.3 Å². The number of aromatic nitrogens is 2. The van der Waals surface area contributed by atoms with E-state index in [2.05, 4.69) is 120 Å². The lowest BCUT2D eigenvalue weighted by Gasteiger charge is -2.20. The van der Waals surface area contributed by atoms with Gasteiger partial charge < -0.3 is 14.5 Å². The summed E-state index contributed by atoms with van der Waals surface area (Å²) in [5.74, 6) is 2.11. The van der Waals surface area contributed by atoms with E-state index >= 15 is 0 Å². The van der Waals surface area contributed by atoms with Crippen LogP contribution in [0.25, 0.3) is 61.0 Å². The van der Waals surface area contributed by atoms with Gasteiger partial charge in [0, 0.05) is 45.9 Å². The molecule has 0 amide bonds. The molecule has 9 aromatic rings. The molecule has 0 saturated carbocycles. The highest BCUT2D eigenvalue weighted by Gasteiger charge is 2.24. The molecule has 1 aliphatic heterocycles. The average molecular weight is 700 g/mol. The Morgan fingerprint density at radius 1 is 0.537 bits per heavy atom. The highest BCUT2D eigenvalue weighted by molar-refractivity contribution is 6.09. The number of para-hydroxylation sites is 3. The maximum absolute atomic E-state index is 8.14. The number of hydrogen-bond donors (Lipinski definition) is 0. The fourth-order valence-electron chi connectivity index (χ4n) is 7.82.